The van der Waals surface area contributed by atoms with E-state index in [1.807, 2.05) is 12.2 Å². The van der Waals surface area contributed by atoms with Gasteiger partial charge >= 0.3 is 12.1 Å². The Kier molecular flexibility index (Phi) is 2.30. The van der Waals surface area contributed by atoms with Crippen molar-refractivity contribution in [3.05, 3.63) is 0 Å². The largest absolute Gasteiger partial charge is 0.471 e. The molecule has 76 valence electrons. The van der Waals surface area contributed by atoms with Gasteiger partial charge in [0.15, 0.2) is 0 Å². The van der Waals surface area contributed by atoms with Crippen molar-refractivity contribution in [1.29, 1.82) is 0 Å². The summed E-state index contributed by atoms with van der Waals surface area (Å²) < 4.78 is 35.4. The molecule has 0 aromatic rings. The molecule has 1 N–H and O–H groups in total. The van der Waals surface area contributed by atoms with E-state index in [1.165, 1.54) is 0 Å². The first-order valence-corrected chi connectivity index (χ1v) is 4.13. The van der Waals surface area contributed by atoms with E-state index in [1.54, 1.807) is 6.92 Å². The van der Waals surface area contributed by atoms with E-state index < -0.39 is 18.1 Å². The SMILES string of the molecule is C[C@H](NC(=O)C(F)(F)F)C1(C)CC1. The fourth-order valence-corrected chi connectivity index (χ4v) is 1.08. The molecule has 1 aliphatic rings. The smallest absolute Gasteiger partial charge is 0.345 e. The molecule has 1 rings (SSSR count). The number of hydrogen-bond acceptors (Lipinski definition) is 1. The molecule has 1 amide bonds. The first kappa shape index (κ1) is 10.3. The van der Waals surface area contributed by atoms with Crippen molar-refractivity contribution in [3.8, 4) is 0 Å². The van der Waals surface area contributed by atoms with Crippen LogP contribution in [-0.4, -0.2) is 18.1 Å². The maximum atomic E-state index is 11.8. The van der Waals surface area contributed by atoms with Crippen LogP contribution < -0.4 is 5.32 Å². The van der Waals surface area contributed by atoms with Crippen LogP contribution >= 0.6 is 0 Å². The summed E-state index contributed by atoms with van der Waals surface area (Å²) in [6.07, 6.45) is -3.00. The van der Waals surface area contributed by atoms with Crippen LogP contribution in [0, 0.1) is 5.41 Å². The number of alkyl halides is 3. The van der Waals surface area contributed by atoms with E-state index in [9.17, 15) is 18.0 Å². The van der Waals surface area contributed by atoms with E-state index >= 15 is 0 Å². The van der Waals surface area contributed by atoms with Crippen molar-refractivity contribution in [3.63, 3.8) is 0 Å². The molecule has 5 heteroatoms. The molecule has 1 atom stereocenters. The molecule has 1 fully saturated rings. The van der Waals surface area contributed by atoms with Gasteiger partial charge in [-0.2, -0.15) is 13.2 Å². The van der Waals surface area contributed by atoms with Gasteiger partial charge in [-0.05, 0) is 25.2 Å². The highest BCUT2D eigenvalue weighted by Gasteiger charge is 2.46. The molecule has 0 aliphatic heterocycles. The minimum atomic E-state index is -4.76. The lowest BCUT2D eigenvalue weighted by atomic mass is 10.0. The Hall–Kier alpha value is -0.740. The average molecular weight is 195 g/mol. The Morgan fingerprint density at radius 2 is 1.92 bits per heavy atom. The summed E-state index contributed by atoms with van der Waals surface area (Å²) in [6.45, 7) is 3.48. The van der Waals surface area contributed by atoms with Gasteiger partial charge in [0.2, 0.25) is 0 Å². The molecule has 0 bridgehead atoms. The highest BCUT2D eigenvalue weighted by Crippen LogP contribution is 2.48. The van der Waals surface area contributed by atoms with Crippen molar-refractivity contribution in [2.45, 2.75) is 38.9 Å². The molecule has 0 unspecified atom stereocenters. The Balaban J connectivity index is 2.45. The summed E-state index contributed by atoms with van der Waals surface area (Å²) >= 11 is 0. The summed E-state index contributed by atoms with van der Waals surface area (Å²) in [4.78, 5) is 10.5. The molecular formula is C8H12F3NO. The molecule has 0 spiro atoms. The van der Waals surface area contributed by atoms with Crippen LogP contribution in [0.3, 0.4) is 0 Å². The standard InChI is InChI=1S/C8H12F3NO/c1-5(7(2)3-4-7)12-6(13)8(9,10)11/h5H,3-4H2,1-2H3,(H,12,13)/t5-/m0/s1. The maximum Gasteiger partial charge on any atom is 0.471 e. The Bertz CT molecular complexity index is 220. The summed E-state index contributed by atoms with van der Waals surface area (Å²) in [5, 5.41) is 1.96. The highest BCUT2D eigenvalue weighted by molar-refractivity contribution is 5.82. The van der Waals surface area contributed by atoms with Crippen LogP contribution in [0.4, 0.5) is 13.2 Å². The molecule has 0 aromatic heterocycles. The van der Waals surface area contributed by atoms with Crippen molar-refractivity contribution in [2.24, 2.45) is 5.41 Å². The second-order valence-corrected chi connectivity index (χ2v) is 3.85. The van der Waals surface area contributed by atoms with Gasteiger partial charge in [0.1, 0.15) is 0 Å². The topological polar surface area (TPSA) is 29.1 Å². The predicted molar refractivity (Wildman–Crippen MR) is 41.0 cm³/mol. The quantitative estimate of drug-likeness (QED) is 0.715. The van der Waals surface area contributed by atoms with Gasteiger partial charge in [-0.25, -0.2) is 0 Å². The summed E-state index contributed by atoms with van der Waals surface area (Å²) in [7, 11) is 0. The van der Waals surface area contributed by atoms with E-state index in [4.69, 9.17) is 0 Å². The van der Waals surface area contributed by atoms with Crippen LogP contribution in [-0.2, 0) is 4.79 Å². The molecule has 0 aromatic carbocycles. The number of carbonyl (C=O) groups excluding carboxylic acids is 1. The highest BCUT2D eigenvalue weighted by atomic mass is 19.4. The van der Waals surface area contributed by atoms with Crippen molar-refractivity contribution >= 4 is 5.91 Å². The molecule has 0 heterocycles. The lowest BCUT2D eigenvalue weighted by molar-refractivity contribution is -0.174. The molecule has 13 heavy (non-hydrogen) atoms. The zero-order chi connectivity index (χ0) is 10.3. The summed E-state index contributed by atoms with van der Waals surface area (Å²) in [5.41, 5.74) is -0.124. The number of nitrogens with one attached hydrogen (secondary N) is 1. The van der Waals surface area contributed by atoms with Gasteiger partial charge in [0.05, 0.1) is 0 Å². The van der Waals surface area contributed by atoms with Gasteiger partial charge in [-0.3, -0.25) is 4.79 Å². The van der Waals surface area contributed by atoms with Gasteiger partial charge in [-0.15, -0.1) is 0 Å². The van der Waals surface area contributed by atoms with Gasteiger partial charge in [0, 0.05) is 6.04 Å². The number of amides is 1. The third-order valence-electron chi connectivity index (χ3n) is 2.69. The summed E-state index contributed by atoms with van der Waals surface area (Å²) in [5.74, 6) is -1.84. The van der Waals surface area contributed by atoms with Crippen LogP contribution in [0.15, 0.2) is 0 Å². The Morgan fingerprint density at radius 3 is 2.23 bits per heavy atom. The molecule has 1 saturated carbocycles. The fraction of sp³-hybridized carbons (Fsp3) is 0.875. The normalized spacial score (nSPS) is 22.2. The van der Waals surface area contributed by atoms with Gasteiger partial charge in [0.25, 0.3) is 0 Å². The van der Waals surface area contributed by atoms with Crippen LogP contribution in [0.25, 0.3) is 0 Å². The number of hydrogen-bond donors (Lipinski definition) is 1. The van der Waals surface area contributed by atoms with Crippen molar-refractivity contribution in [1.82, 2.24) is 5.32 Å². The monoisotopic (exact) mass is 195 g/mol. The third kappa shape index (κ3) is 2.35. The Morgan fingerprint density at radius 1 is 1.46 bits per heavy atom. The third-order valence-corrected chi connectivity index (χ3v) is 2.69. The summed E-state index contributed by atoms with van der Waals surface area (Å²) in [6, 6.07) is -0.401. The number of rotatable bonds is 2. The molecule has 1 aliphatic carbocycles. The Labute approximate surface area is 74.5 Å². The lowest BCUT2D eigenvalue weighted by Gasteiger charge is -2.20. The van der Waals surface area contributed by atoms with Gasteiger partial charge in [-0.1, -0.05) is 6.92 Å². The maximum absolute atomic E-state index is 11.8. The van der Waals surface area contributed by atoms with Crippen LogP contribution in [0.1, 0.15) is 26.7 Å². The van der Waals surface area contributed by atoms with Crippen molar-refractivity contribution < 1.29 is 18.0 Å². The minimum Gasteiger partial charge on any atom is -0.345 e. The van der Waals surface area contributed by atoms with E-state index in [0.717, 1.165) is 12.8 Å². The second-order valence-electron chi connectivity index (χ2n) is 3.85. The average Bonchev–Trinajstić information content (AvgIpc) is 2.67. The molecular weight excluding hydrogens is 183 g/mol. The van der Waals surface area contributed by atoms with Gasteiger partial charge < -0.3 is 5.32 Å². The number of carbonyl (C=O) groups is 1. The first-order valence-electron chi connectivity index (χ1n) is 4.13. The fourth-order valence-electron chi connectivity index (χ4n) is 1.08. The van der Waals surface area contributed by atoms with Crippen LogP contribution in [0.5, 0.6) is 0 Å². The predicted octanol–water partition coefficient (Wildman–Crippen LogP) is 1.85. The lowest BCUT2D eigenvalue weighted by Crippen LogP contribution is -2.45. The molecule has 2 nitrogen and oxygen atoms in total. The zero-order valence-electron chi connectivity index (χ0n) is 7.53. The van der Waals surface area contributed by atoms with Crippen LogP contribution in [0.2, 0.25) is 0 Å². The van der Waals surface area contributed by atoms with Crippen molar-refractivity contribution in [2.75, 3.05) is 0 Å². The minimum absolute atomic E-state index is 0.124. The zero-order valence-corrected chi connectivity index (χ0v) is 7.53. The van der Waals surface area contributed by atoms with E-state index in [0.29, 0.717) is 0 Å². The van der Waals surface area contributed by atoms with E-state index in [-0.39, 0.29) is 5.41 Å². The molecule has 0 radical (unpaired) electrons. The second kappa shape index (κ2) is 2.89. The first-order chi connectivity index (χ1) is 5.76. The number of halogens is 3. The van der Waals surface area contributed by atoms with E-state index in [2.05, 4.69) is 0 Å². The molecule has 0 saturated heterocycles.